The Balaban J connectivity index is 1.91. The molecular weight excluding hydrogens is 126 g/mol. The Kier molecular flexibility index (Phi) is 1.29. The summed E-state index contributed by atoms with van der Waals surface area (Å²) in [5.41, 5.74) is 5.28. The van der Waals surface area contributed by atoms with Crippen molar-refractivity contribution in [2.45, 2.75) is 43.7 Å². The highest BCUT2D eigenvalue weighted by atomic mass is 16.3. The average molecular weight is 141 g/mol. The van der Waals surface area contributed by atoms with Gasteiger partial charge >= 0.3 is 0 Å². The molecule has 3 N–H and O–H groups in total. The zero-order valence-corrected chi connectivity index (χ0v) is 6.21. The van der Waals surface area contributed by atoms with Crippen molar-refractivity contribution in [3.63, 3.8) is 0 Å². The lowest BCUT2D eigenvalue weighted by Crippen LogP contribution is -2.57. The standard InChI is InChI=1S/C8H15NO/c9-7-4-8(10,5-7)6-2-1-3-6/h6-7,10H,1-5,9H2. The molecule has 0 radical (unpaired) electrons. The summed E-state index contributed by atoms with van der Waals surface area (Å²) in [6.07, 6.45) is 5.45. The van der Waals surface area contributed by atoms with Crippen LogP contribution < -0.4 is 5.73 Å². The second-order valence-corrected chi connectivity index (χ2v) is 3.90. The van der Waals surface area contributed by atoms with Gasteiger partial charge in [0.1, 0.15) is 0 Å². The molecule has 0 aromatic heterocycles. The molecule has 2 saturated carbocycles. The molecule has 58 valence electrons. The average Bonchev–Trinajstić information content (AvgIpc) is 1.54. The molecule has 0 spiro atoms. The smallest absolute Gasteiger partial charge is 0.0705 e. The minimum Gasteiger partial charge on any atom is -0.389 e. The van der Waals surface area contributed by atoms with Crippen LogP contribution in [0.4, 0.5) is 0 Å². The molecule has 0 atom stereocenters. The van der Waals surface area contributed by atoms with Gasteiger partial charge in [0.25, 0.3) is 0 Å². The van der Waals surface area contributed by atoms with E-state index >= 15 is 0 Å². The highest BCUT2D eigenvalue weighted by molar-refractivity contribution is 5.03. The highest BCUT2D eigenvalue weighted by Gasteiger charge is 2.48. The molecule has 10 heavy (non-hydrogen) atoms. The van der Waals surface area contributed by atoms with Crippen molar-refractivity contribution in [1.29, 1.82) is 0 Å². The van der Waals surface area contributed by atoms with E-state index in [-0.39, 0.29) is 11.6 Å². The van der Waals surface area contributed by atoms with Crippen LogP contribution in [-0.4, -0.2) is 16.7 Å². The van der Waals surface area contributed by atoms with Gasteiger partial charge in [-0.2, -0.15) is 0 Å². The van der Waals surface area contributed by atoms with E-state index in [1.54, 1.807) is 0 Å². The van der Waals surface area contributed by atoms with Crippen LogP contribution in [0.1, 0.15) is 32.1 Å². The molecule has 2 rings (SSSR count). The second kappa shape index (κ2) is 1.95. The van der Waals surface area contributed by atoms with Crippen molar-refractivity contribution in [3.8, 4) is 0 Å². The van der Waals surface area contributed by atoms with Gasteiger partial charge in [0.15, 0.2) is 0 Å². The first kappa shape index (κ1) is 6.62. The molecule has 2 aliphatic rings. The highest BCUT2D eigenvalue weighted by Crippen LogP contribution is 2.46. The first-order valence-corrected chi connectivity index (χ1v) is 4.19. The van der Waals surface area contributed by atoms with Crippen LogP contribution >= 0.6 is 0 Å². The van der Waals surface area contributed by atoms with Crippen molar-refractivity contribution in [3.05, 3.63) is 0 Å². The summed E-state index contributed by atoms with van der Waals surface area (Å²) in [5.74, 6) is 0.590. The Labute approximate surface area is 61.4 Å². The predicted molar refractivity (Wildman–Crippen MR) is 39.5 cm³/mol. The monoisotopic (exact) mass is 141 g/mol. The minimum atomic E-state index is -0.336. The van der Waals surface area contributed by atoms with Crippen LogP contribution in [0.15, 0.2) is 0 Å². The van der Waals surface area contributed by atoms with E-state index in [1.165, 1.54) is 19.3 Å². The predicted octanol–water partition coefficient (Wildman–Crippen LogP) is 0.639. The fraction of sp³-hybridized carbons (Fsp3) is 1.00. The molecule has 0 unspecified atom stereocenters. The molecule has 0 aromatic carbocycles. The molecule has 2 aliphatic carbocycles. The molecule has 0 aliphatic heterocycles. The molecule has 2 fully saturated rings. The number of hydrogen-bond acceptors (Lipinski definition) is 2. The second-order valence-electron chi connectivity index (χ2n) is 3.90. The summed E-state index contributed by atoms with van der Waals surface area (Å²) in [6.45, 7) is 0. The molecule has 0 aromatic rings. The SMILES string of the molecule is NC1CC(O)(C2CCC2)C1. The van der Waals surface area contributed by atoms with Gasteiger partial charge in [-0.15, -0.1) is 0 Å². The van der Waals surface area contributed by atoms with Gasteiger partial charge < -0.3 is 10.8 Å². The van der Waals surface area contributed by atoms with Crippen molar-refractivity contribution >= 4 is 0 Å². The first-order chi connectivity index (χ1) is 4.71. The van der Waals surface area contributed by atoms with Gasteiger partial charge in [-0.1, -0.05) is 6.42 Å². The summed E-state index contributed by atoms with van der Waals surface area (Å²) in [5, 5.41) is 9.82. The molecule has 2 heteroatoms. The lowest BCUT2D eigenvalue weighted by Gasteiger charge is -2.50. The Bertz CT molecular complexity index is 136. The maximum absolute atomic E-state index is 9.82. The maximum atomic E-state index is 9.82. The maximum Gasteiger partial charge on any atom is 0.0705 e. The first-order valence-electron chi connectivity index (χ1n) is 4.19. The lowest BCUT2D eigenvalue weighted by atomic mass is 9.61. The van der Waals surface area contributed by atoms with E-state index < -0.39 is 0 Å². The number of rotatable bonds is 1. The zero-order chi connectivity index (χ0) is 7.19. The fourth-order valence-corrected chi connectivity index (χ4v) is 2.13. The third-order valence-electron chi connectivity index (χ3n) is 3.10. The van der Waals surface area contributed by atoms with E-state index in [4.69, 9.17) is 5.73 Å². The third-order valence-corrected chi connectivity index (χ3v) is 3.10. The topological polar surface area (TPSA) is 46.2 Å². The quantitative estimate of drug-likeness (QED) is 0.563. The molecule has 2 nitrogen and oxygen atoms in total. The van der Waals surface area contributed by atoms with Crippen LogP contribution in [0.25, 0.3) is 0 Å². The Morgan fingerprint density at radius 1 is 1.30 bits per heavy atom. The fourth-order valence-electron chi connectivity index (χ4n) is 2.13. The lowest BCUT2D eigenvalue weighted by molar-refractivity contribution is -0.117. The van der Waals surface area contributed by atoms with E-state index in [0.29, 0.717) is 5.92 Å². The summed E-state index contributed by atoms with van der Waals surface area (Å²) in [7, 11) is 0. The van der Waals surface area contributed by atoms with Crippen LogP contribution in [0.3, 0.4) is 0 Å². The van der Waals surface area contributed by atoms with Gasteiger partial charge in [-0.25, -0.2) is 0 Å². The van der Waals surface area contributed by atoms with Gasteiger partial charge in [0.2, 0.25) is 0 Å². The van der Waals surface area contributed by atoms with E-state index in [0.717, 1.165) is 12.8 Å². The normalized spacial score (nSPS) is 48.0. The van der Waals surface area contributed by atoms with Gasteiger partial charge in [-0.05, 0) is 31.6 Å². The van der Waals surface area contributed by atoms with Crippen molar-refractivity contribution in [2.24, 2.45) is 11.7 Å². The zero-order valence-electron chi connectivity index (χ0n) is 6.21. The van der Waals surface area contributed by atoms with E-state index in [9.17, 15) is 5.11 Å². The minimum absolute atomic E-state index is 0.283. The third kappa shape index (κ3) is 0.789. The van der Waals surface area contributed by atoms with Crippen molar-refractivity contribution < 1.29 is 5.11 Å². The molecule has 0 heterocycles. The Morgan fingerprint density at radius 3 is 2.20 bits per heavy atom. The molecule has 0 saturated heterocycles. The molecule has 0 amide bonds. The van der Waals surface area contributed by atoms with Gasteiger partial charge in [0.05, 0.1) is 5.60 Å². The summed E-state index contributed by atoms with van der Waals surface area (Å²) in [4.78, 5) is 0. The van der Waals surface area contributed by atoms with Crippen LogP contribution in [0.5, 0.6) is 0 Å². The number of nitrogens with two attached hydrogens (primary N) is 1. The largest absolute Gasteiger partial charge is 0.389 e. The summed E-state index contributed by atoms with van der Waals surface area (Å²) < 4.78 is 0. The summed E-state index contributed by atoms with van der Waals surface area (Å²) >= 11 is 0. The number of hydrogen-bond donors (Lipinski definition) is 2. The van der Waals surface area contributed by atoms with Crippen molar-refractivity contribution in [1.82, 2.24) is 0 Å². The Hall–Kier alpha value is -0.0800. The van der Waals surface area contributed by atoms with Crippen molar-refractivity contribution in [2.75, 3.05) is 0 Å². The van der Waals surface area contributed by atoms with Crippen LogP contribution in [0.2, 0.25) is 0 Å². The van der Waals surface area contributed by atoms with E-state index in [1.807, 2.05) is 0 Å². The summed E-state index contributed by atoms with van der Waals surface area (Å²) in [6, 6.07) is 0.283. The van der Waals surface area contributed by atoms with Crippen LogP contribution in [-0.2, 0) is 0 Å². The number of aliphatic hydroxyl groups is 1. The van der Waals surface area contributed by atoms with E-state index in [2.05, 4.69) is 0 Å². The molecular formula is C8H15NO. The van der Waals surface area contributed by atoms with Gasteiger partial charge in [0, 0.05) is 6.04 Å². The van der Waals surface area contributed by atoms with Crippen LogP contribution in [0, 0.1) is 5.92 Å². The van der Waals surface area contributed by atoms with Gasteiger partial charge in [-0.3, -0.25) is 0 Å². The Morgan fingerprint density at radius 2 is 1.90 bits per heavy atom. The molecule has 0 bridgehead atoms.